The first-order chi connectivity index (χ1) is 9.59. The second kappa shape index (κ2) is 5.46. The second-order valence-electron chi connectivity index (χ2n) is 6.73. The molecule has 7 heteroatoms. The molecule has 0 aliphatic carbocycles. The highest BCUT2D eigenvalue weighted by atomic mass is 32.2. The zero-order valence-corrected chi connectivity index (χ0v) is 13.5. The molecule has 1 saturated heterocycles. The number of nitrogens with two attached hydrogens (primary N) is 1. The first-order valence-electron chi connectivity index (χ1n) is 7.09. The summed E-state index contributed by atoms with van der Waals surface area (Å²) < 4.78 is 22.5. The van der Waals surface area contributed by atoms with E-state index in [1.165, 1.54) is 12.3 Å². The van der Waals surface area contributed by atoms with Crippen LogP contribution >= 0.6 is 0 Å². The Morgan fingerprint density at radius 2 is 1.90 bits per heavy atom. The number of sulfonamides is 1. The van der Waals surface area contributed by atoms with Gasteiger partial charge in [-0.25, -0.2) is 13.6 Å². The van der Waals surface area contributed by atoms with Crippen molar-refractivity contribution in [1.82, 2.24) is 9.88 Å². The van der Waals surface area contributed by atoms with E-state index in [2.05, 4.69) is 25.8 Å². The molecular weight excluding hydrogens is 290 g/mol. The quantitative estimate of drug-likeness (QED) is 0.867. The lowest BCUT2D eigenvalue weighted by Crippen LogP contribution is -2.41. The Bertz CT molecular complexity index is 620. The lowest BCUT2D eigenvalue weighted by Gasteiger charge is -2.38. The molecule has 1 aromatic rings. The number of likely N-dealkylation sites (tertiary alicyclic amines) is 1. The van der Waals surface area contributed by atoms with Gasteiger partial charge in [0.25, 0.3) is 5.91 Å². The molecule has 2 rings (SSSR count). The van der Waals surface area contributed by atoms with E-state index in [0.717, 1.165) is 12.8 Å². The minimum absolute atomic E-state index is 0.0598. The fourth-order valence-electron chi connectivity index (χ4n) is 2.78. The zero-order valence-electron chi connectivity index (χ0n) is 12.7. The second-order valence-corrected chi connectivity index (χ2v) is 8.29. The van der Waals surface area contributed by atoms with Crippen molar-refractivity contribution >= 4 is 15.9 Å². The van der Waals surface area contributed by atoms with Crippen LogP contribution in [0.4, 0.5) is 0 Å². The topological polar surface area (TPSA) is 96.3 Å². The van der Waals surface area contributed by atoms with Gasteiger partial charge in [-0.3, -0.25) is 4.79 Å². The van der Waals surface area contributed by atoms with E-state index in [9.17, 15) is 13.2 Å². The molecule has 0 saturated carbocycles. The summed E-state index contributed by atoms with van der Waals surface area (Å²) in [6, 6.07) is 1.30. The molecule has 6 nitrogen and oxygen atoms in total. The van der Waals surface area contributed by atoms with Crippen LogP contribution in [-0.2, 0) is 10.0 Å². The third-order valence-corrected chi connectivity index (χ3v) is 5.12. The molecule has 3 N–H and O–H groups in total. The molecule has 0 radical (unpaired) electrons. The number of hydrogen-bond donors (Lipinski definition) is 2. The Morgan fingerprint density at radius 1 is 1.33 bits per heavy atom. The number of carbonyl (C=O) groups excluding carboxylic acids is 1. The lowest BCUT2D eigenvalue weighted by molar-refractivity contribution is 0.0604. The zero-order chi connectivity index (χ0) is 15.8. The van der Waals surface area contributed by atoms with Gasteiger partial charge in [0, 0.05) is 19.3 Å². The van der Waals surface area contributed by atoms with E-state index >= 15 is 0 Å². The van der Waals surface area contributed by atoms with Gasteiger partial charge in [0.2, 0.25) is 10.0 Å². The van der Waals surface area contributed by atoms with Crippen LogP contribution in [0.15, 0.2) is 17.2 Å². The molecule has 0 aromatic carbocycles. The van der Waals surface area contributed by atoms with E-state index in [4.69, 9.17) is 5.14 Å². The number of piperidine rings is 1. The number of nitrogens with zero attached hydrogens (tertiary/aromatic N) is 1. The van der Waals surface area contributed by atoms with Crippen LogP contribution < -0.4 is 5.14 Å². The molecule has 2 heterocycles. The van der Waals surface area contributed by atoms with Crippen LogP contribution in [-0.4, -0.2) is 37.3 Å². The molecule has 1 amide bonds. The van der Waals surface area contributed by atoms with Crippen molar-refractivity contribution < 1.29 is 13.2 Å². The maximum absolute atomic E-state index is 12.4. The first-order valence-corrected chi connectivity index (χ1v) is 8.64. The summed E-state index contributed by atoms with van der Waals surface area (Å²) in [7, 11) is -3.78. The van der Waals surface area contributed by atoms with Crippen LogP contribution in [0.25, 0.3) is 0 Å². The molecule has 1 fully saturated rings. The predicted molar refractivity (Wildman–Crippen MR) is 80.2 cm³/mol. The van der Waals surface area contributed by atoms with Crippen molar-refractivity contribution in [3.8, 4) is 0 Å². The Kier molecular flexibility index (Phi) is 4.17. The fraction of sp³-hybridized carbons (Fsp3) is 0.643. The highest BCUT2D eigenvalue weighted by Gasteiger charge is 2.31. The van der Waals surface area contributed by atoms with Gasteiger partial charge in [-0.15, -0.1) is 0 Å². The van der Waals surface area contributed by atoms with E-state index in [1.54, 1.807) is 4.90 Å². The third kappa shape index (κ3) is 3.65. The van der Waals surface area contributed by atoms with Crippen molar-refractivity contribution in [3.63, 3.8) is 0 Å². The summed E-state index contributed by atoms with van der Waals surface area (Å²) >= 11 is 0. The average molecular weight is 313 g/mol. The number of aromatic nitrogens is 1. The summed E-state index contributed by atoms with van der Waals surface area (Å²) in [5.74, 6) is 0.433. The molecular formula is C14H23N3O3S. The van der Waals surface area contributed by atoms with Crippen molar-refractivity contribution in [2.45, 2.75) is 38.5 Å². The van der Waals surface area contributed by atoms with Crippen molar-refractivity contribution in [2.24, 2.45) is 16.5 Å². The average Bonchev–Trinajstić information content (AvgIpc) is 2.86. The van der Waals surface area contributed by atoms with Crippen LogP contribution in [0.2, 0.25) is 0 Å². The van der Waals surface area contributed by atoms with E-state index < -0.39 is 10.0 Å². The molecule has 1 aliphatic rings. The molecule has 0 bridgehead atoms. The molecule has 0 unspecified atom stereocenters. The number of nitrogens with one attached hydrogen (secondary N) is 1. The maximum atomic E-state index is 12.4. The minimum atomic E-state index is -3.78. The highest BCUT2D eigenvalue weighted by Crippen LogP contribution is 2.34. The number of rotatable bonds is 2. The number of aromatic amines is 1. The van der Waals surface area contributed by atoms with Crippen molar-refractivity contribution in [1.29, 1.82) is 0 Å². The Hall–Kier alpha value is -1.34. The number of amides is 1. The van der Waals surface area contributed by atoms with E-state index in [0.29, 0.717) is 19.0 Å². The van der Waals surface area contributed by atoms with Gasteiger partial charge in [0.15, 0.2) is 0 Å². The standard InChI is InChI=1S/C14H23N3O3S/c1-14(2,3)10-4-6-17(7-5-10)13(18)12-8-11(9-16-12)21(15,19)20/h8-10,16H,4-7H2,1-3H3,(H2,15,19,20). The van der Waals surface area contributed by atoms with E-state index in [-0.39, 0.29) is 21.9 Å². The van der Waals surface area contributed by atoms with Crippen molar-refractivity contribution in [2.75, 3.05) is 13.1 Å². The monoisotopic (exact) mass is 313 g/mol. The van der Waals surface area contributed by atoms with Gasteiger partial charge < -0.3 is 9.88 Å². The number of H-pyrrole nitrogens is 1. The largest absolute Gasteiger partial charge is 0.356 e. The van der Waals surface area contributed by atoms with Crippen LogP contribution in [0.3, 0.4) is 0 Å². The number of primary sulfonamides is 1. The fourth-order valence-corrected chi connectivity index (χ4v) is 3.29. The van der Waals surface area contributed by atoms with E-state index in [1.807, 2.05) is 0 Å². The SMILES string of the molecule is CC(C)(C)C1CCN(C(=O)c2cc(S(N)(=O)=O)c[nH]2)CC1. The molecule has 0 spiro atoms. The number of hydrogen-bond acceptors (Lipinski definition) is 3. The van der Waals surface area contributed by atoms with Gasteiger partial charge in [0.1, 0.15) is 5.69 Å². The van der Waals surface area contributed by atoms with Gasteiger partial charge in [-0.2, -0.15) is 0 Å². The highest BCUT2D eigenvalue weighted by molar-refractivity contribution is 7.89. The third-order valence-electron chi connectivity index (χ3n) is 4.22. The van der Waals surface area contributed by atoms with Crippen molar-refractivity contribution in [3.05, 3.63) is 18.0 Å². The maximum Gasteiger partial charge on any atom is 0.270 e. The summed E-state index contributed by atoms with van der Waals surface area (Å²) in [6.45, 7) is 8.06. The lowest BCUT2D eigenvalue weighted by atomic mass is 9.75. The molecule has 1 aliphatic heterocycles. The minimum Gasteiger partial charge on any atom is -0.356 e. The van der Waals surface area contributed by atoms with Gasteiger partial charge in [-0.1, -0.05) is 20.8 Å². The molecule has 21 heavy (non-hydrogen) atoms. The first kappa shape index (κ1) is 16.0. The Balaban J connectivity index is 2.04. The summed E-state index contributed by atoms with van der Waals surface area (Å²) in [6.07, 6.45) is 3.19. The van der Waals surface area contributed by atoms with Crippen LogP contribution in [0.1, 0.15) is 44.1 Å². The number of carbonyl (C=O) groups is 1. The Labute approximate surface area is 125 Å². The Morgan fingerprint density at radius 3 is 2.33 bits per heavy atom. The summed E-state index contributed by atoms with van der Waals surface area (Å²) in [5, 5.41) is 5.04. The van der Waals surface area contributed by atoms with Crippen LogP contribution in [0, 0.1) is 11.3 Å². The van der Waals surface area contributed by atoms with Crippen LogP contribution in [0.5, 0.6) is 0 Å². The van der Waals surface area contributed by atoms with Gasteiger partial charge in [0.05, 0.1) is 4.90 Å². The normalized spacial score (nSPS) is 18.0. The summed E-state index contributed by atoms with van der Waals surface area (Å²) in [5.41, 5.74) is 0.524. The van der Waals surface area contributed by atoms with Gasteiger partial charge in [-0.05, 0) is 30.2 Å². The predicted octanol–water partition coefficient (Wildman–Crippen LogP) is 1.56. The molecule has 0 atom stereocenters. The molecule has 118 valence electrons. The van der Waals surface area contributed by atoms with Gasteiger partial charge >= 0.3 is 0 Å². The molecule has 1 aromatic heterocycles. The summed E-state index contributed by atoms with van der Waals surface area (Å²) in [4.78, 5) is 16.8. The smallest absolute Gasteiger partial charge is 0.270 e.